The predicted octanol–water partition coefficient (Wildman–Crippen LogP) is 4.09. The van der Waals surface area contributed by atoms with Crippen molar-refractivity contribution in [3.05, 3.63) is 64.9 Å². The van der Waals surface area contributed by atoms with Crippen LogP contribution in [-0.2, 0) is 16.1 Å². The number of aromatic nitrogens is 3. The summed E-state index contributed by atoms with van der Waals surface area (Å²) >= 11 is 0. The van der Waals surface area contributed by atoms with E-state index in [1.807, 2.05) is 36.0 Å². The van der Waals surface area contributed by atoms with Crippen LogP contribution in [0.5, 0.6) is 0 Å². The number of hydrogen-bond acceptors (Lipinski definition) is 6. The first-order valence-electron chi connectivity index (χ1n) is 14.1. The molecule has 0 bridgehead atoms. The molecule has 3 aromatic rings. The van der Waals surface area contributed by atoms with Crippen LogP contribution in [0.1, 0.15) is 77.8 Å². The van der Waals surface area contributed by atoms with E-state index < -0.39 is 11.9 Å². The minimum Gasteiger partial charge on any atom is -0.385 e. The highest BCUT2D eigenvalue weighted by molar-refractivity contribution is 6.05. The van der Waals surface area contributed by atoms with Crippen LogP contribution in [0.15, 0.2) is 36.5 Å². The third-order valence-corrected chi connectivity index (χ3v) is 8.67. The molecule has 2 saturated carbocycles. The quantitative estimate of drug-likeness (QED) is 0.436. The average molecular weight is 543 g/mol. The molecule has 1 unspecified atom stereocenters. The summed E-state index contributed by atoms with van der Waals surface area (Å²) < 4.78 is 16.7. The summed E-state index contributed by atoms with van der Waals surface area (Å²) in [5, 5.41) is 10.8. The van der Waals surface area contributed by atoms with Crippen LogP contribution in [-0.4, -0.2) is 50.0 Å². The van der Waals surface area contributed by atoms with Crippen molar-refractivity contribution >= 4 is 23.4 Å². The maximum Gasteiger partial charge on any atom is 0.255 e. The zero-order valence-electron chi connectivity index (χ0n) is 22.3. The highest BCUT2D eigenvalue weighted by Gasteiger charge is 2.39. The fourth-order valence-electron chi connectivity index (χ4n) is 6.19. The monoisotopic (exact) mass is 542 g/mol. The lowest BCUT2D eigenvalue weighted by Crippen LogP contribution is -2.52. The Kier molecular flexibility index (Phi) is 5.94. The number of benzene rings is 1. The number of pyridine rings is 1. The van der Waals surface area contributed by atoms with Gasteiger partial charge in [0.1, 0.15) is 17.6 Å². The van der Waals surface area contributed by atoms with Gasteiger partial charge in [0, 0.05) is 54.1 Å². The summed E-state index contributed by atoms with van der Waals surface area (Å²) in [7, 11) is 0. The summed E-state index contributed by atoms with van der Waals surface area (Å²) in [6.45, 7) is 3.04. The van der Waals surface area contributed by atoms with Gasteiger partial charge in [0.15, 0.2) is 0 Å². The summed E-state index contributed by atoms with van der Waals surface area (Å²) in [6, 6.07) is 8.56. The normalized spacial score (nSPS) is 24.1. The zero-order chi connectivity index (χ0) is 27.5. The summed E-state index contributed by atoms with van der Waals surface area (Å²) in [5.74, 6) is -0.284. The number of imide groups is 1. The van der Waals surface area contributed by atoms with Crippen LogP contribution in [0.3, 0.4) is 0 Å². The van der Waals surface area contributed by atoms with Gasteiger partial charge in [-0.2, -0.15) is 5.10 Å². The Morgan fingerprint density at radius 3 is 2.67 bits per heavy atom. The number of nitrogens with zero attached hydrogens (tertiary/aromatic N) is 4. The molecule has 2 aliphatic carbocycles. The van der Waals surface area contributed by atoms with E-state index in [1.165, 1.54) is 6.07 Å². The van der Waals surface area contributed by atoms with Crippen molar-refractivity contribution < 1.29 is 18.8 Å². The van der Waals surface area contributed by atoms with E-state index in [2.05, 4.69) is 15.6 Å². The molecule has 2 aliphatic heterocycles. The highest BCUT2D eigenvalue weighted by Crippen LogP contribution is 2.46. The molecule has 9 nitrogen and oxygen atoms in total. The molecule has 3 amide bonds. The Hall–Kier alpha value is -4.08. The zero-order valence-corrected chi connectivity index (χ0v) is 22.3. The third-order valence-electron chi connectivity index (χ3n) is 8.67. The fraction of sp³-hybridized carbons (Fsp3) is 0.433. The molecular weight excluding hydrogens is 511 g/mol. The molecule has 0 spiro atoms. The smallest absolute Gasteiger partial charge is 0.255 e. The van der Waals surface area contributed by atoms with Crippen molar-refractivity contribution in [3.63, 3.8) is 0 Å². The minimum absolute atomic E-state index is 0.164. The molecule has 2 aromatic heterocycles. The van der Waals surface area contributed by atoms with Crippen molar-refractivity contribution in [2.24, 2.45) is 5.92 Å². The largest absolute Gasteiger partial charge is 0.385 e. The maximum absolute atomic E-state index is 14.6. The van der Waals surface area contributed by atoms with Gasteiger partial charge in [-0.05, 0) is 80.8 Å². The fourth-order valence-corrected chi connectivity index (χ4v) is 6.19. The highest BCUT2D eigenvalue weighted by atomic mass is 19.1. The number of carbonyl (C=O) groups is 3. The van der Waals surface area contributed by atoms with Gasteiger partial charge in [-0.25, -0.2) is 9.37 Å². The second kappa shape index (κ2) is 9.53. The lowest BCUT2D eigenvalue weighted by atomic mass is 9.80. The second-order valence-electron chi connectivity index (χ2n) is 11.6. The average Bonchev–Trinajstić information content (AvgIpc) is 3.58. The first-order chi connectivity index (χ1) is 19.3. The number of aryl methyl sites for hydroxylation is 1. The standard InChI is InChI=1S/C30H31FN6O3/c1-16-2-7-24(31)28(33-16)23-15-37(35-27(23)18-3-4-18)21-10-17(11-21)13-32-20-5-6-22-19(12-20)14-36(30(22)40)25-8-9-26(38)34-29(25)39/h2,5-7,12,15,17-18,21,25,32H,3-4,8-11,13-14H2,1H3,(H,34,38,39). The van der Waals surface area contributed by atoms with Gasteiger partial charge in [0.05, 0.1) is 11.7 Å². The number of anilines is 1. The third kappa shape index (κ3) is 4.45. The molecule has 7 rings (SSSR count). The summed E-state index contributed by atoms with van der Waals surface area (Å²) in [6.07, 6.45) is 6.72. The van der Waals surface area contributed by atoms with Crippen LogP contribution in [0.25, 0.3) is 11.3 Å². The first kappa shape index (κ1) is 24.9. The molecule has 4 heterocycles. The van der Waals surface area contributed by atoms with Crippen LogP contribution in [0.4, 0.5) is 10.1 Å². The van der Waals surface area contributed by atoms with E-state index in [1.54, 1.807) is 11.0 Å². The van der Waals surface area contributed by atoms with E-state index in [0.717, 1.165) is 60.4 Å². The van der Waals surface area contributed by atoms with Crippen molar-refractivity contribution in [2.75, 3.05) is 11.9 Å². The molecule has 2 N–H and O–H groups in total. The Bertz CT molecular complexity index is 1540. The predicted molar refractivity (Wildman–Crippen MR) is 145 cm³/mol. The Balaban J connectivity index is 0.978. The molecule has 4 aliphatic rings. The Morgan fingerprint density at radius 1 is 1.07 bits per heavy atom. The second-order valence-corrected chi connectivity index (χ2v) is 11.6. The maximum atomic E-state index is 14.6. The van der Waals surface area contributed by atoms with Gasteiger partial charge >= 0.3 is 0 Å². The van der Waals surface area contributed by atoms with Crippen molar-refractivity contribution in [3.8, 4) is 11.3 Å². The number of piperidine rings is 1. The molecule has 1 saturated heterocycles. The minimum atomic E-state index is -0.609. The first-order valence-corrected chi connectivity index (χ1v) is 14.1. The molecule has 1 atom stereocenters. The van der Waals surface area contributed by atoms with E-state index in [0.29, 0.717) is 36.1 Å². The van der Waals surface area contributed by atoms with Gasteiger partial charge in [-0.15, -0.1) is 0 Å². The number of fused-ring (bicyclic) bond motifs is 1. The molecule has 0 radical (unpaired) electrons. The summed E-state index contributed by atoms with van der Waals surface area (Å²) in [5.41, 5.74) is 5.43. The van der Waals surface area contributed by atoms with Crippen LogP contribution in [0.2, 0.25) is 0 Å². The molecule has 40 heavy (non-hydrogen) atoms. The van der Waals surface area contributed by atoms with Crippen LogP contribution < -0.4 is 10.6 Å². The van der Waals surface area contributed by atoms with Gasteiger partial charge in [0.2, 0.25) is 11.8 Å². The lowest BCUT2D eigenvalue weighted by molar-refractivity contribution is -0.136. The molecule has 10 heteroatoms. The van der Waals surface area contributed by atoms with Gasteiger partial charge in [-0.3, -0.25) is 24.4 Å². The van der Waals surface area contributed by atoms with Crippen LogP contribution >= 0.6 is 0 Å². The topological polar surface area (TPSA) is 109 Å². The van der Waals surface area contributed by atoms with Crippen molar-refractivity contribution in [2.45, 2.75) is 70.0 Å². The number of rotatable bonds is 7. The van der Waals surface area contributed by atoms with Crippen molar-refractivity contribution in [1.82, 2.24) is 25.0 Å². The molecule has 206 valence electrons. The van der Waals surface area contributed by atoms with Crippen molar-refractivity contribution in [1.29, 1.82) is 0 Å². The van der Waals surface area contributed by atoms with E-state index in [4.69, 9.17) is 5.10 Å². The molecule has 3 fully saturated rings. The van der Waals surface area contributed by atoms with Gasteiger partial charge in [-0.1, -0.05) is 0 Å². The number of nitrogens with one attached hydrogen (secondary N) is 2. The Morgan fingerprint density at radius 2 is 1.90 bits per heavy atom. The number of amides is 3. The van der Waals surface area contributed by atoms with Gasteiger partial charge < -0.3 is 10.2 Å². The number of carbonyl (C=O) groups excluding carboxylic acids is 3. The van der Waals surface area contributed by atoms with Gasteiger partial charge in [0.25, 0.3) is 5.91 Å². The summed E-state index contributed by atoms with van der Waals surface area (Å²) in [4.78, 5) is 42.8. The Labute approximate surface area is 231 Å². The number of hydrogen-bond donors (Lipinski definition) is 2. The van der Waals surface area contributed by atoms with E-state index in [-0.39, 0.29) is 30.1 Å². The molecule has 1 aromatic carbocycles. The van der Waals surface area contributed by atoms with E-state index >= 15 is 0 Å². The molecular formula is C30H31FN6O3. The van der Waals surface area contributed by atoms with Crippen LogP contribution in [0, 0.1) is 18.7 Å². The SMILES string of the molecule is Cc1ccc(F)c(-c2cn(C3CC(CNc4ccc5c(c4)CN(C4CCC(=O)NC4=O)C5=O)C3)nc2C2CC2)n1. The lowest BCUT2D eigenvalue weighted by Gasteiger charge is -2.35. The van der Waals surface area contributed by atoms with E-state index in [9.17, 15) is 18.8 Å². The number of halogens is 1.